The minimum atomic E-state index is -0.728. The third kappa shape index (κ3) is 7.68. The molecule has 0 saturated carbocycles. The third-order valence-electron chi connectivity index (χ3n) is 24.1. The van der Waals surface area contributed by atoms with Gasteiger partial charge >= 0.3 is 0 Å². The highest BCUT2D eigenvalue weighted by Gasteiger charge is 2.56. The first-order valence-corrected chi connectivity index (χ1v) is 36.6. The van der Waals surface area contributed by atoms with Crippen LogP contribution >= 0.6 is 0 Å². The quantitative estimate of drug-likeness (QED) is 0.147. The standard InChI is InChI=1S/C102H68N2/c1-61-53-55-90(64(4)56-61)104(93-60-88-95(79-42-14-11-39-76(79)93)97-77-40-12-8-32-69(77)70-33-9-17-45-82(70)99(97)101(88)84-48-22-18-34-71(84)72-35-19-23-49-85(72)101)67-31-26-28-65(58-67)68-46-27-47-83-94(68)80-43-15-16-44-81(80)98-96-78-41-13-10-38-75(78)92(103(66-29-6-5-7-30-66)91-57-62(2)52-54-63(91)3)59-89(96)102(100(83)98)86-50-24-20-36-73(86)74-37-21-25-51-87(74)102/h5-60H,1-4H3. The number of benzene rings is 18. The maximum atomic E-state index is 2.63. The van der Waals surface area contributed by atoms with Crippen LogP contribution in [0.4, 0.5) is 34.1 Å². The fraction of sp³-hybridized carbons (Fsp3) is 0.0588. The molecule has 0 atom stereocenters. The van der Waals surface area contributed by atoms with Gasteiger partial charge in [-0.15, -0.1) is 0 Å². The molecule has 0 amide bonds. The SMILES string of the molecule is Cc1ccc(N(c2cccc(-c3cccc4c5c(c6ccccc6c34)-c3c(cc(N(c4ccccc4)c4cc(C)ccc4C)c4ccccc34)C53c4ccccc4-c4ccccc43)c2)c2cc3c(c4ccccc24)-c2c(c4ccccc4c4ccccc24)C32c3ccccc3-c3ccccc32)c(C)c1. The Morgan fingerprint density at radius 2 is 0.596 bits per heavy atom. The molecular weight excluding hydrogens is 1250 g/mol. The Balaban J connectivity index is 0.828. The summed E-state index contributed by atoms with van der Waals surface area (Å²) in [7, 11) is 0. The number of hydrogen-bond donors (Lipinski definition) is 0. The molecule has 2 spiro atoms. The van der Waals surface area contributed by atoms with Crippen molar-refractivity contribution in [3.8, 4) is 55.6 Å². The summed E-state index contributed by atoms with van der Waals surface area (Å²) in [4.78, 5) is 5.15. The normalized spacial score (nSPS) is 13.5. The molecule has 4 aliphatic carbocycles. The average Bonchev–Trinajstić information content (AvgIpc) is 1.49. The van der Waals surface area contributed by atoms with Gasteiger partial charge in [-0.1, -0.05) is 297 Å². The summed E-state index contributed by atoms with van der Waals surface area (Å²) in [5, 5.41) is 15.0. The van der Waals surface area contributed by atoms with Crippen LogP contribution in [0.1, 0.15) is 66.8 Å². The minimum absolute atomic E-state index is 0.660. The molecule has 0 fully saturated rings. The van der Waals surface area contributed by atoms with Gasteiger partial charge in [-0.05, 0) is 247 Å². The van der Waals surface area contributed by atoms with E-state index in [2.05, 4.69) is 377 Å². The highest BCUT2D eigenvalue weighted by Crippen LogP contribution is 2.70. The Hall–Kier alpha value is -12.9. The Morgan fingerprint density at radius 3 is 1.14 bits per heavy atom. The summed E-state index contributed by atoms with van der Waals surface area (Å²) in [6.45, 7) is 8.99. The maximum Gasteiger partial charge on any atom is 0.0732 e. The molecule has 0 bridgehead atoms. The molecule has 0 N–H and O–H groups in total. The summed E-state index contributed by atoms with van der Waals surface area (Å²) in [6.07, 6.45) is 0. The zero-order valence-electron chi connectivity index (χ0n) is 58.2. The van der Waals surface area contributed by atoms with E-state index >= 15 is 0 Å². The van der Waals surface area contributed by atoms with Crippen LogP contribution in [-0.2, 0) is 10.8 Å². The average molecular weight is 1320 g/mol. The van der Waals surface area contributed by atoms with E-state index in [1.165, 1.54) is 187 Å². The zero-order valence-corrected chi connectivity index (χ0v) is 58.2. The van der Waals surface area contributed by atoms with Crippen LogP contribution in [0, 0.1) is 27.7 Å². The van der Waals surface area contributed by atoms with E-state index in [0.717, 1.165) is 34.0 Å². The Morgan fingerprint density at radius 1 is 0.212 bits per heavy atom. The number of hydrogen-bond acceptors (Lipinski definition) is 2. The van der Waals surface area contributed by atoms with Gasteiger partial charge in [-0.2, -0.15) is 0 Å². The zero-order chi connectivity index (χ0) is 68.8. The molecule has 486 valence electrons. The van der Waals surface area contributed by atoms with E-state index in [9.17, 15) is 0 Å². The molecule has 0 unspecified atom stereocenters. The van der Waals surface area contributed by atoms with Crippen molar-refractivity contribution in [2.75, 3.05) is 9.80 Å². The monoisotopic (exact) mass is 1320 g/mol. The molecule has 2 nitrogen and oxygen atoms in total. The third-order valence-corrected chi connectivity index (χ3v) is 24.1. The van der Waals surface area contributed by atoms with Crippen LogP contribution < -0.4 is 9.80 Å². The second-order valence-corrected chi connectivity index (χ2v) is 29.4. The summed E-state index contributed by atoms with van der Waals surface area (Å²) in [5.74, 6) is 0. The number of anilines is 6. The molecule has 2 heteroatoms. The molecule has 18 aromatic rings. The highest BCUT2D eigenvalue weighted by atomic mass is 15.2. The van der Waals surface area contributed by atoms with Crippen LogP contribution in [-0.4, -0.2) is 0 Å². The fourth-order valence-electron chi connectivity index (χ4n) is 20.2. The summed E-state index contributed by atoms with van der Waals surface area (Å²) in [6, 6.07) is 130. The largest absolute Gasteiger partial charge is 0.310 e. The maximum absolute atomic E-state index is 2.63. The first-order valence-electron chi connectivity index (χ1n) is 36.6. The van der Waals surface area contributed by atoms with Crippen LogP contribution in [0.5, 0.6) is 0 Å². The van der Waals surface area contributed by atoms with Gasteiger partial charge in [0.15, 0.2) is 0 Å². The van der Waals surface area contributed by atoms with Gasteiger partial charge in [0.1, 0.15) is 0 Å². The molecule has 104 heavy (non-hydrogen) atoms. The number of aryl methyl sites for hydroxylation is 4. The molecule has 22 rings (SSSR count). The van der Waals surface area contributed by atoms with E-state index in [1.807, 2.05) is 0 Å². The van der Waals surface area contributed by atoms with Gasteiger partial charge in [-0.3, -0.25) is 0 Å². The highest BCUT2D eigenvalue weighted by molar-refractivity contribution is 6.28. The molecule has 18 aromatic carbocycles. The van der Waals surface area contributed by atoms with Crippen molar-refractivity contribution in [2.24, 2.45) is 0 Å². The van der Waals surface area contributed by atoms with Gasteiger partial charge in [0, 0.05) is 33.5 Å². The van der Waals surface area contributed by atoms with Gasteiger partial charge in [0.05, 0.1) is 22.2 Å². The topological polar surface area (TPSA) is 6.48 Å². The predicted octanol–water partition coefficient (Wildman–Crippen LogP) is 27.1. The first kappa shape index (κ1) is 58.9. The smallest absolute Gasteiger partial charge is 0.0732 e. The summed E-state index contributed by atoms with van der Waals surface area (Å²) < 4.78 is 0. The lowest BCUT2D eigenvalue weighted by Crippen LogP contribution is -2.26. The number of fused-ring (bicyclic) bond motifs is 34. The molecule has 0 saturated heterocycles. The second-order valence-electron chi connectivity index (χ2n) is 29.4. The molecule has 4 aliphatic rings. The Kier molecular flexibility index (Phi) is 12.4. The first-order chi connectivity index (χ1) is 51.3. The van der Waals surface area contributed by atoms with Gasteiger partial charge < -0.3 is 9.80 Å². The van der Waals surface area contributed by atoms with Crippen LogP contribution in [0.15, 0.2) is 340 Å². The van der Waals surface area contributed by atoms with E-state index < -0.39 is 10.8 Å². The van der Waals surface area contributed by atoms with E-state index in [0.29, 0.717) is 0 Å². The lowest BCUT2D eigenvalue weighted by atomic mass is 9.68. The number of nitrogens with zero attached hydrogens (tertiary/aromatic N) is 2. The van der Waals surface area contributed by atoms with Crippen molar-refractivity contribution in [1.29, 1.82) is 0 Å². The lowest BCUT2D eigenvalue weighted by molar-refractivity contribution is 0.802. The van der Waals surface area contributed by atoms with E-state index in [-0.39, 0.29) is 0 Å². The molecule has 0 radical (unpaired) electrons. The summed E-state index contributed by atoms with van der Waals surface area (Å²) >= 11 is 0. The Bertz CT molecular complexity index is 6720. The fourth-order valence-corrected chi connectivity index (χ4v) is 20.2. The number of para-hydroxylation sites is 1. The van der Waals surface area contributed by atoms with Crippen molar-refractivity contribution >= 4 is 98.8 Å². The lowest BCUT2D eigenvalue weighted by Gasteiger charge is -2.34. The van der Waals surface area contributed by atoms with Gasteiger partial charge in [0.2, 0.25) is 0 Å². The van der Waals surface area contributed by atoms with Gasteiger partial charge in [-0.25, -0.2) is 0 Å². The van der Waals surface area contributed by atoms with Crippen molar-refractivity contribution in [3.05, 3.63) is 406 Å². The second kappa shape index (κ2) is 21.8. The van der Waals surface area contributed by atoms with Crippen molar-refractivity contribution < 1.29 is 0 Å². The van der Waals surface area contributed by atoms with E-state index in [4.69, 9.17) is 0 Å². The molecule has 0 heterocycles. The summed E-state index contributed by atoms with van der Waals surface area (Å²) in [5.41, 5.74) is 33.6. The van der Waals surface area contributed by atoms with Crippen molar-refractivity contribution in [3.63, 3.8) is 0 Å². The van der Waals surface area contributed by atoms with Crippen molar-refractivity contribution in [2.45, 2.75) is 38.5 Å². The van der Waals surface area contributed by atoms with Crippen LogP contribution in [0.3, 0.4) is 0 Å². The Labute approximate surface area is 605 Å². The van der Waals surface area contributed by atoms with E-state index in [1.54, 1.807) is 0 Å². The minimum Gasteiger partial charge on any atom is -0.310 e. The predicted molar refractivity (Wildman–Crippen MR) is 438 cm³/mol. The van der Waals surface area contributed by atoms with Crippen molar-refractivity contribution in [1.82, 2.24) is 0 Å². The van der Waals surface area contributed by atoms with Gasteiger partial charge in [0.25, 0.3) is 0 Å². The number of rotatable bonds is 7. The van der Waals surface area contributed by atoms with Crippen LogP contribution in [0.25, 0.3) is 120 Å². The molecule has 0 aromatic heterocycles. The molecule has 0 aliphatic heterocycles. The van der Waals surface area contributed by atoms with Crippen LogP contribution in [0.2, 0.25) is 0 Å². The molecular formula is C102H68N2.